The van der Waals surface area contributed by atoms with Gasteiger partial charge in [0.05, 0.1) is 28.6 Å². The second-order valence-electron chi connectivity index (χ2n) is 8.50. The van der Waals surface area contributed by atoms with E-state index in [2.05, 4.69) is 20.9 Å². The van der Waals surface area contributed by atoms with Gasteiger partial charge in [-0.15, -0.1) is 0 Å². The Bertz CT molecular complexity index is 1060. The lowest BCUT2D eigenvalue weighted by Crippen LogP contribution is -2.48. The zero-order chi connectivity index (χ0) is 22.8. The molecule has 0 bridgehead atoms. The monoisotopic (exact) mass is 436 g/mol. The van der Waals surface area contributed by atoms with Gasteiger partial charge in [-0.1, -0.05) is 6.07 Å². The van der Waals surface area contributed by atoms with Crippen molar-refractivity contribution in [2.24, 2.45) is 0 Å². The summed E-state index contributed by atoms with van der Waals surface area (Å²) in [5.41, 5.74) is 4.95. The smallest absolute Gasteiger partial charge is 0.338 e. The second-order valence-corrected chi connectivity index (χ2v) is 8.50. The van der Waals surface area contributed by atoms with Crippen LogP contribution < -0.4 is 0 Å². The van der Waals surface area contributed by atoms with E-state index in [9.17, 15) is 15.0 Å². The van der Waals surface area contributed by atoms with Gasteiger partial charge < -0.3 is 14.9 Å². The van der Waals surface area contributed by atoms with E-state index in [1.165, 1.54) is 0 Å². The predicted molar refractivity (Wildman–Crippen MR) is 117 cm³/mol. The number of β-amino-alcohol motifs (C(OH)–C–C–N with tert-alkyl or cyclic N) is 2. The fraction of sp³-hybridized carbons (Fsp3) is 0.458. The van der Waals surface area contributed by atoms with Gasteiger partial charge in [-0.3, -0.25) is 14.8 Å². The Morgan fingerprint density at radius 2 is 1.72 bits per heavy atom. The first-order valence-corrected chi connectivity index (χ1v) is 10.9. The molecule has 2 atom stereocenters. The number of aliphatic hydroxyl groups excluding tert-OH is 2. The number of carbonyl (C=O) groups excluding carboxylic acids is 1. The number of carbonyl (C=O) groups is 1. The Balaban J connectivity index is 1.30. The van der Waals surface area contributed by atoms with Gasteiger partial charge in [0.2, 0.25) is 0 Å². The number of aryl methyl sites for hydroxylation is 1. The second kappa shape index (κ2) is 9.35. The summed E-state index contributed by atoms with van der Waals surface area (Å²) in [6.07, 6.45) is -1.35. The lowest BCUT2D eigenvalue weighted by molar-refractivity contribution is 0.0470. The van der Waals surface area contributed by atoms with Crippen molar-refractivity contribution in [3.05, 3.63) is 63.5 Å². The molecule has 1 aromatic carbocycles. The van der Waals surface area contributed by atoms with E-state index >= 15 is 0 Å². The number of fused-ring (bicyclic) bond motifs is 1. The average molecular weight is 437 g/mol. The number of cyclic esters (lactones) is 1. The molecule has 0 radical (unpaired) electrons. The molecule has 8 nitrogen and oxygen atoms in total. The highest BCUT2D eigenvalue weighted by molar-refractivity contribution is 5.93. The maximum absolute atomic E-state index is 11.7. The Morgan fingerprint density at radius 1 is 1.06 bits per heavy atom. The van der Waals surface area contributed by atoms with Crippen molar-refractivity contribution in [1.29, 1.82) is 5.26 Å². The fourth-order valence-corrected chi connectivity index (χ4v) is 4.45. The number of nitriles is 1. The van der Waals surface area contributed by atoms with Crippen LogP contribution in [0.15, 0.2) is 24.3 Å². The number of nitrogens with zero attached hydrogens (tertiary/aromatic N) is 4. The van der Waals surface area contributed by atoms with Crippen molar-refractivity contribution in [2.75, 3.05) is 39.3 Å². The Labute approximate surface area is 187 Å². The molecule has 32 heavy (non-hydrogen) atoms. The fourth-order valence-electron chi connectivity index (χ4n) is 4.45. The van der Waals surface area contributed by atoms with Gasteiger partial charge in [0.25, 0.3) is 0 Å². The number of rotatable bonds is 6. The molecule has 1 unspecified atom stereocenters. The molecule has 0 aliphatic carbocycles. The molecule has 2 aliphatic heterocycles. The number of aromatic nitrogens is 1. The van der Waals surface area contributed by atoms with E-state index in [-0.39, 0.29) is 12.6 Å². The number of pyridine rings is 1. The highest BCUT2D eigenvalue weighted by Crippen LogP contribution is 2.29. The van der Waals surface area contributed by atoms with Crippen LogP contribution in [-0.4, -0.2) is 70.2 Å². The summed E-state index contributed by atoms with van der Waals surface area (Å²) in [5.74, 6) is -0.297. The van der Waals surface area contributed by atoms with E-state index < -0.39 is 12.2 Å². The molecule has 2 aliphatic rings. The summed E-state index contributed by atoms with van der Waals surface area (Å²) in [5, 5.41) is 30.4. The highest BCUT2D eigenvalue weighted by atomic mass is 16.5. The van der Waals surface area contributed by atoms with Crippen molar-refractivity contribution in [3.8, 4) is 6.07 Å². The molecule has 2 N–H and O–H groups in total. The van der Waals surface area contributed by atoms with Crippen LogP contribution in [0.4, 0.5) is 0 Å². The number of benzene rings is 1. The SMILES string of the molecule is Cc1nc(C(O)CN2CCN(C[C@@H](O)c3ccc4c(c3C)COC4=O)CC2)ccc1C#N. The number of ether oxygens (including phenoxy) is 1. The minimum absolute atomic E-state index is 0.273. The molecule has 3 heterocycles. The third-order valence-corrected chi connectivity index (χ3v) is 6.46. The minimum atomic E-state index is -0.711. The van der Waals surface area contributed by atoms with Crippen molar-refractivity contribution < 1.29 is 19.7 Å². The quantitative estimate of drug-likeness (QED) is 0.658. The lowest BCUT2D eigenvalue weighted by atomic mass is 9.95. The molecule has 4 rings (SSSR count). The maximum atomic E-state index is 11.7. The third kappa shape index (κ3) is 4.52. The van der Waals surface area contributed by atoms with E-state index in [1.807, 2.05) is 13.0 Å². The zero-order valence-corrected chi connectivity index (χ0v) is 18.4. The standard InChI is InChI=1S/C24H28N4O4/c1-15-18(4-5-19-20(15)14-32-24(19)31)22(29)12-27-7-9-28(10-8-27)13-23(30)21-6-3-17(11-25)16(2)26-21/h3-6,22-23,29-30H,7-10,12-14H2,1-2H3/t22-,23?/m1/s1. The summed E-state index contributed by atoms with van der Waals surface area (Å²) in [7, 11) is 0. The minimum Gasteiger partial charge on any atom is -0.457 e. The van der Waals surface area contributed by atoms with E-state index in [0.29, 0.717) is 35.6 Å². The molecule has 2 aromatic rings. The Kier molecular flexibility index (Phi) is 6.53. The Hall–Kier alpha value is -2.83. The zero-order valence-electron chi connectivity index (χ0n) is 18.4. The number of hydrogen-bond donors (Lipinski definition) is 2. The molecule has 1 aromatic heterocycles. The van der Waals surface area contributed by atoms with Crippen molar-refractivity contribution in [2.45, 2.75) is 32.7 Å². The van der Waals surface area contributed by atoms with Gasteiger partial charge in [0, 0.05) is 44.8 Å². The summed E-state index contributed by atoms with van der Waals surface area (Å²) in [4.78, 5) is 20.5. The van der Waals surface area contributed by atoms with Crippen molar-refractivity contribution in [1.82, 2.24) is 14.8 Å². The van der Waals surface area contributed by atoms with Gasteiger partial charge in [-0.25, -0.2) is 4.79 Å². The topological polar surface area (TPSA) is 110 Å². The van der Waals surface area contributed by atoms with E-state index in [1.54, 1.807) is 25.1 Å². The van der Waals surface area contributed by atoms with Crippen LogP contribution in [0.3, 0.4) is 0 Å². The summed E-state index contributed by atoms with van der Waals surface area (Å²) in [6.45, 7) is 8.10. The van der Waals surface area contributed by atoms with Crippen LogP contribution in [-0.2, 0) is 11.3 Å². The van der Waals surface area contributed by atoms with Crippen molar-refractivity contribution >= 4 is 5.97 Å². The van der Waals surface area contributed by atoms with Gasteiger partial charge in [-0.05, 0) is 43.2 Å². The van der Waals surface area contributed by atoms with Crippen molar-refractivity contribution in [3.63, 3.8) is 0 Å². The maximum Gasteiger partial charge on any atom is 0.338 e. The molecule has 0 amide bonds. The average Bonchev–Trinajstić information content (AvgIpc) is 3.16. The molecule has 1 fully saturated rings. The van der Waals surface area contributed by atoms with E-state index in [4.69, 9.17) is 10.00 Å². The number of aliphatic hydroxyl groups is 2. The predicted octanol–water partition coefficient (Wildman–Crippen LogP) is 1.63. The third-order valence-electron chi connectivity index (χ3n) is 6.46. The largest absolute Gasteiger partial charge is 0.457 e. The molecule has 0 spiro atoms. The summed E-state index contributed by atoms with van der Waals surface area (Å²) >= 11 is 0. The van der Waals surface area contributed by atoms with Crippen LogP contribution in [0.2, 0.25) is 0 Å². The van der Waals surface area contributed by atoms with Crippen LogP contribution in [0.5, 0.6) is 0 Å². The highest BCUT2D eigenvalue weighted by Gasteiger charge is 2.27. The first-order valence-electron chi connectivity index (χ1n) is 10.9. The van der Waals surface area contributed by atoms with Gasteiger partial charge in [0.15, 0.2) is 0 Å². The van der Waals surface area contributed by atoms with Gasteiger partial charge in [0.1, 0.15) is 18.8 Å². The molecule has 8 heteroatoms. The molecule has 0 saturated carbocycles. The molecular weight excluding hydrogens is 408 g/mol. The number of piperazine rings is 1. The first-order chi connectivity index (χ1) is 15.4. The van der Waals surface area contributed by atoms with Crippen LogP contribution in [0.1, 0.15) is 56.2 Å². The normalized spacial score (nSPS) is 18.7. The van der Waals surface area contributed by atoms with Crippen LogP contribution in [0.25, 0.3) is 0 Å². The Morgan fingerprint density at radius 3 is 2.34 bits per heavy atom. The van der Waals surface area contributed by atoms with Crippen LogP contribution >= 0.6 is 0 Å². The van der Waals surface area contributed by atoms with Gasteiger partial charge >= 0.3 is 5.97 Å². The lowest BCUT2D eigenvalue weighted by Gasteiger charge is -2.36. The molecule has 168 valence electrons. The molecule has 1 saturated heterocycles. The summed E-state index contributed by atoms with van der Waals surface area (Å²) < 4.78 is 5.11. The number of hydrogen-bond acceptors (Lipinski definition) is 8. The molecular formula is C24H28N4O4. The van der Waals surface area contributed by atoms with Gasteiger partial charge in [-0.2, -0.15) is 5.26 Å². The summed E-state index contributed by atoms with van der Waals surface area (Å²) in [6, 6.07) is 9.07. The van der Waals surface area contributed by atoms with Crippen LogP contribution in [0, 0.1) is 25.2 Å². The van der Waals surface area contributed by atoms with E-state index in [0.717, 1.165) is 42.9 Å². The number of esters is 1. The first kappa shape index (κ1) is 22.4.